The van der Waals surface area contributed by atoms with Crippen molar-refractivity contribution in [1.29, 1.82) is 0 Å². The molecule has 14 heteroatoms. The summed E-state index contributed by atoms with van der Waals surface area (Å²) >= 11 is 0. The van der Waals surface area contributed by atoms with Crippen LogP contribution in [0.5, 0.6) is 0 Å². The summed E-state index contributed by atoms with van der Waals surface area (Å²) in [5.41, 5.74) is -2.49. The number of halogens is 4. The van der Waals surface area contributed by atoms with Crippen molar-refractivity contribution in [2.24, 2.45) is 0 Å². The lowest BCUT2D eigenvalue weighted by atomic mass is 10.2. The van der Waals surface area contributed by atoms with Gasteiger partial charge >= 0.3 is 18.1 Å². The molecule has 9 nitrogen and oxygen atoms in total. The minimum Gasteiger partial charge on any atom is -0.481 e. The van der Waals surface area contributed by atoms with Crippen LogP contribution < -0.4 is 10.0 Å². The van der Waals surface area contributed by atoms with Crippen molar-refractivity contribution in [2.45, 2.75) is 25.1 Å². The van der Waals surface area contributed by atoms with Crippen molar-refractivity contribution in [3.05, 3.63) is 29.6 Å². The van der Waals surface area contributed by atoms with Crippen LogP contribution in [0.3, 0.4) is 0 Å². The van der Waals surface area contributed by atoms with Crippen LogP contribution in [0.15, 0.2) is 18.2 Å². The molecule has 0 heterocycles. The van der Waals surface area contributed by atoms with E-state index in [4.69, 9.17) is 5.11 Å². The molecule has 0 aliphatic carbocycles. The Kier molecular flexibility index (Phi) is 7.94. The highest BCUT2D eigenvalue weighted by atomic mass is 32.2. The zero-order chi connectivity index (χ0) is 22.4. The first-order valence-corrected chi connectivity index (χ1v) is 9.36. The number of carboxylic acid groups (broad SMARTS) is 1. The van der Waals surface area contributed by atoms with Gasteiger partial charge in [-0.25, -0.2) is 17.6 Å². The number of sulfonamides is 1. The van der Waals surface area contributed by atoms with Crippen LogP contribution >= 0.6 is 0 Å². The molecule has 0 aliphatic rings. The number of anilines is 1. The number of hydrogen-bond donors (Lipinski definition) is 3. The van der Waals surface area contributed by atoms with E-state index in [9.17, 15) is 40.4 Å². The Balaban J connectivity index is 2.83. The number of rotatable bonds is 9. The first kappa shape index (κ1) is 24.1. The van der Waals surface area contributed by atoms with Crippen molar-refractivity contribution in [3.8, 4) is 0 Å². The van der Waals surface area contributed by atoms with Crippen LogP contribution in [0.25, 0.3) is 0 Å². The van der Waals surface area contributed by atoms with Crippen LogP contribution in [-0.2, 0) is 35.3 Å². The molecule has 1 aromatic rings. The molecule has 1 atom stereocenters. The van der Waals surface area contributed by atoms with Crippen molar-refractivity contribution in [2.75, 3.05) is 17.6 Å². The lowest BCUT2D eigenvalue weighted by Gasteiger charge is -2.16. The topological polar surface area (TPSA) is 139 Å². The van der Waals surface area contributed by atoms with Gasteiger partial charge in [-0.15, -0.1) is 0 Å². The number of amides is 1. The first-order chi connectivity index (χ1) is 13.2. The average Bonchev–Trinajstić information content (AvgIpc) is 2.59. The molecule has 3 N–H and O–H groups in total. The van der Waals surface area contributed by atoms with E-state index in [1.807, 2.05) is 5.32 Å². The van der Waals surface area contributed by atoms with Gasteiger partial charge in [0.1, 0.15) is 11.9 Å². The third-order valence-electron chi connectivity index (χ3n) is 3.35. The van der Waals surface area contributed by atoms with E-state index < -0.39 is 75.7 Å². The molecule has 162 valence electrons. The molecular formula is C15H16F4N2O7S. The van der Waals surface area contributed by atoms with E-state index in [0.717, 1.165) is 7.11 Å². The number of esters is 1. The summed E-state index contributed by atoms with van der Waals surface area (Å²) in [5.74, 6) is -5.79. The highest BCUT2D eigenvalue weighted by molar-refractivity contribution is 7.92. The second kappa shape index (κ2) is 9.54. The number of aliphatic carboxylic acids is 1. The summed E-state index contributed by atoms with van der Waals surface area (Å²) in [4.78, 5) is 33.9. The summed E-state index contributed by atoms with van der Waals surface area (Å²) in [5, 5.41) is 10.7. The van der Waals surface area contributed by atoms with E-state index in [-0.39, 0.29) is 6.07 Å². The normalized spacial score (nSPS) is 12.7. The molecular weight excluding hydrogens is 428 g/mol. The molecule has 0 saturated carbocycles. The van der Waals surface area contributed by atoms with Gasteiger partial charge in [0.2, 0.25) is 15.9 Å². The maximum atomic E-state index is 13.1. The number of methoxy groups -OCH3 is 1. The zero-order valence-corrected chi connectivity index (χ0v) is 15.6. The number of ether oxygens (including phenoxy) is 1. The van der Waals surface area contributed by atoms with E-state index >= 15 is 0 Å². The highest BCUT2D eigenvalue weighted by Gasteiger charge is 2.35. The maximum Gasteiger partial charge on any atom is 0.418 e. The molecule has 1 rings (SSSR count). The number of carbonyl (C=O) groups excluding carboxylic acids is 2. The standard InChI is InChI=1S/C15H16F4N2O7S/c1-28-14(25)11(7-13(23)24)20-12(22)4-5-29(26,27)21-10-3-2-8(16)6-9(10)15(17,18)19/h2-3,6,11,21H,4-5,7H2,1H3,(H,20,22)(H,23,24). The van der Waals surface area contributed by atoms with E-state index in [0.29, 0.717) is 12.1 Å². The summed E-state index contributed by atoms with van der Waals surface area (Å²) in [6.07, 6.45) is -6.67. The van der Waals surface area contributed by atoms with Gasteiger partial charge in [-0.05, 0) is 18.2 Å². The summed E-state index contributed by atoms with van der Waals surface area (Å²) in [7, 11) is -3.53. The minimum absolute atomic E-state index is 0.109. The van der Waals surface area contributed by atoms with Crippen LogP contribution in [0.1, 0.15) is 18.4 Å². The molecule has 1 aromatic carbocycles. The van der Waals surface area contributed by atoms with Crippen molar-refractivity contribution in [1.82, 2.24) is 5.32 Å². The number of carbonyl (C=O) groups is 3. The van der Waals surface area contributed by atoms with Gasteiger partial charge in [0.05, 0.1) is 30.5 Å². The molecule has 0 bridgehead atoms. The second-order valence-electron chi connectivity index (χ2n) is 5.60. The largest absolute Gasteiger partial charge is 0.481 e. The maximum absolute atomic E-state index is 13.1. The van der Waals surface area contributed by atoms with Gasteiger partial charge in [-0.3, -0.25) is 14.3 Å². The molecule has 29 heavy (non-hydrogen) atoms. The van der Waals surface area contributed by atoms with Crippen molar-refractivity contribution in [3.63, 3.8) is 0 Å². The fraction of sp³-hybridized carbons (Fsp3) is 0.400. The van der Waals surface area contributed by atoms with E-state index in [1.165, 1.54) is 0 Å². The third-order valence-corrected chi connectivity index (χ3v) is 4.62. The number of alkyl halides is 3. The van der Waals surface area contributed by atoms with Crippen LogP contribution in [0.2, 0.25) is 0 Å². The zero-order valence-electron chi connectivity index (χ0n) is 14.7. The van der Waals surface area contributed by atoms with Gasteiger partial charge in [0.15, 0.2) is 0 Å². The minimum atomic E-state index is -5.04. The summed E-state index contributed by atoms with van der Waals surface area (Å²) in [6, 6.07) is -0.269. The molecule has 1 amide bonds. The number of benzene rings is 1. The Hall–Kier alpha value is -2.90. The predicted octanol–water partition coefficient (Wildman–Crippen LogP) is 1.11. The fourth-order valence-electron chi connectivity index (χ4n) is 2.06. The number of carboxylic acids is 1. The number of nitrogens with one attached hydrogen (secondary N) is 2. The van der Waals surface area contributed by atoms with Gasteiger partial charge in [-0.1, -0.05) is 0 Å². The quantitative estimate of drug-likeness (QED) is 0.383. The van der Waals surface area contributed by atoms with Crippen LogP contribution in [0, 0.1) is 5.82 Å². The molecule has 1 unspecified atom stereocenters. The summed E-state index contributed by atoms with van der Waals surface area (Å²) < 4.78 is 81.7. The Morgan fingerprint density at radius 2 is 1.86 bits per heavy atom. The molecule has 0 aromatic heterocycles. The molecule has 0 fully saturated rings. The molecule has 0 saturated heterocycles. The number of hydrogen-bond acceptors (Lipinski definition) is 6. The lowest BCUT2D eigenvalue weighted by Crippen LogP contribution is -2.43. The Morgan fingerprint density at radius 3 is 2.38 bits per heavy atom. The fourth-order valence-corrected chi connectivity index (χ4v) is 3.13. The smallest absolute Gasteiger partial charge is 0.418 e. The molecule has 0 aliphatic heterocycles. The molecule has 0 spiro atoms. The first-order valence-electron chi connectivity index (χ1n) is 7.71. The highest BCUT2D eigenvalue weighted by Crippen LogP contribution is 2.35. The van der Waals surface area contributed by atoms with Crippen LogP contribution in [-0.4, -0.2) is 50.3 Å². The Morgan fingerprint density at radius 1 is 1.24 bits per heavy atom. The summed E-state index contributed by atoms with van der Waals surface area (Å²) in [6.45, 7) is 0. The van der Waals surface area contributed by atoms with Crippen molar-refractivity contribution >= 4 is 33.6 Å². The Bertz CT molecular complexity index is 887. The Labute approximate surface area is 162 Å². The lowest BCUT2D eigenvalue weighted by molar-refractivity contribution is -0.149. The molecule has 0 radical (unpaired) electrons. The van der Waals surface area contributed by atoms with Gasteiger partial charge in [-0.2, -0.15) is 13.2 Å². The van der Waals surface area contributed by atoms with Gasteiger partial charge in [0, 0.05) is 6.42 Å². The second-order valence-corrected chi connectivity index (χ2v) is 7.44. The SMILES string of the molecule is COC(=O)C(CC(=O)O)NC(=O)CCS(=O)(=O)Nc1ccc(F)cc1C(F)(F)F. The van der Waals surface area contributed by atoms with Gasteiger partial charge < -0.3 is 15.2 Å². The van der Waals surface area contributed by atoms with E-state index in [2.05, 4.69) is 4.74 Å². The van der Waals surface area contributed by atoms with Crippen LogP contribution in [0.4, 0.5) is 23.2 Å². The van der Waals surface area contributed by atoms with Crippen molar-refractivity contribution < 1.29 is 50.2 Å². The van der Waals surface area contributed by atoms with Gasteiger partial charge in [0.25, 0.3) is 0 Å². The third kappa shape index (κ3) is 7.93. The van der Waals surface area contributed by atoms with E-state index in [1.54, 1.807) is 4.72 Å². The average molecular weight is 444 g/mol. The predicted molar refractivity (Wildman–Crippen MR) is 89.6 cm³/mol. The monoisotopic (exact) mass is 444 g/mol.